The van der Waals surface area contributed by atoms with E-state index in [9.17, 15) is 0 Å². The van der Waals surface area contributed by atoms with Gasteiger partial charge in [-0.1, -0.05) is 25.7 Å². The van der Waals surface area contributed by atoms with Crippen molar-refractivity contribution >= 4 is 0 Å². The molecule has 0 aromatic carbocycles. The fourth-order valence-corrected chi connectivity index (χ4v) is 3.84. The van der Waals surface area contributed by atoms with E-state index in [0.29, 0.717) is 0 Å². The van der Waals surface area contributed by atoms with Gasteiger partial charge in [0.2, 0.25) is 0 Å². The van der Waals surface area contributed by atoms with E-state index in [2.05, 4.69) is 6.07 Å². The lowest BCUT2D eigenvalue weighted by atomic mass is 9.83. The first-order valence-electron chi connectivity index (χ1n) is 6.79. The minimum Gasteiger partial charge on any atom is -0.198 e. The van der Waals surface area contributed by atoms with Crippen molar-refractivity contribution in [2.24, 2.45) is 17.8 Å². The van der Waals surface area contributed by atoms with Crippen LogP contribution >= 0.6 is 0 Å². The van der Waals surface area contributed by atoms with Gasteiger partial charge in [-0.25, -0.2) is 0 Å². The van der Waals surface area contributed by atoms with E-state index < -0.39 is 0 Å². The summed E-state index contributed by atoms with van der Waals surface area (Å²) in [6, 6.07) is 2.28. The molecule has 0 N–H and O–H groups in total. The Hall–Kier alpha value is -0.510. The maximum atomic E-state index is 8.57. The molecule has 84 valence electrons. The quantitative estimate of drug-likeness (QED) is 0.631. The summed E-state index contributed by atoms with van der Waals surface area (Å²) in [6.45, 7) is 0. The Balaban J connectivity index is 1.83. The zero-order chi connectivity index (χ0) is 10.5. The Bertz CT molecular complexity index is 228. The summed E-state index contributed by atoms with van der Waals surface area (Å²) < 4.78 is 0. The molecule has 2 aliphatic carbocycles. The first kappa shape index (κ1) is 11.0. The van der Waals surface area contributed by atoms with Crippen molar-refractivity contribution in [2.75, 3.05) is 0 Å². The van der Waals surface area contributed by atoms with E-state index in [1.165, 1.54) is 51.4 Å². The number of hydrogen-bond donors (Lipinski definition) is 0. The van der Waals surface area contributed by atoms with Crippen LogP contribution in [0, 0.1) is 29.1 Å². The van der Waals surface area contributed by atoms with Crippen LogP contribution in [0.3, 0.4) is 0 Å². The van der Waals surface area contributed by atoms with Crippen molar-refractivity contribution in [2.45, 2.75) is 64.2 Å². The fourth-order valence-electron chi connectivity index (χ4n) is 3.84. The van der Waals surface area contributed by atoms with Gasteiger partial charge < -0.3 is 0 Å². The molecule has 0 aromatic heterocycles. The lowest BCUT2D eigenvalue weighted by molar-refractivity contribution is 0.279. The molecule has 1 nitrogen and oxygen atoms in total. The number of unbranched alkanes of at least 4 members (excludes halogenated alkanes) is 1. The average Bonchev–Trinajstić information content (AvgIpc) is 2.50. The second kappa shape index (κ2) is 5.54. The fraction of sp³-hybridized carbons (Fsp3) is 0.929. The van der Waals surface area contributed by atoms with Gasteiger partial charge in [-0.15, -0.1) is 0 Å². The molecule has 1 heteroatoms. The second-order valence-electron chi connectivity index (χ2n) is 5.45. The number of hydrogen-bond acceptors (Lipinski definition) is 1. The average molecular weight is 205 g/mol. The lowest BCUT2D eigenvalue weighted by Gasteiger charge is -2.22. The largest absolute Gasteiger partial charge is 0.198 e. The first-order valence-corrected chi connectivity index (χ1v) is 6.79. The highest BCUT2D eigenvalue weighted by Gasteiger charge is 2.35. The van der Waals surface area contributed by atoms with Crippen LogP contribution in [0.15, 0.2) is 0 Å². The van der Waals surface area contributed by atoms with E-state index in [1.54, 1.807) is 0 Å². The van der Waals surface area contributed by atoms with Crippen molar-refractivity contribution in [1.29, 1.82) is 5.26 Å². The SMILES string of the molecule is N#CCCC[C@@H]1CC[C@H]2CCCCC[C@H]12. The minimum absolute atomic E-state index is 0.772. The Kier molecular flexibility index (Phi) is 4.06. The van der Waals surface area contributed by atoms with Crippen molar-refractivity contribution in [3.8, 4) is 6.07 Å². The summed E-state index contributed by atoms with van der Waals surface area (Å²) in [5.41, 5.74) is 0. The van der Waals surface area contributed by atoms with Crippen LogP contribution in [0.4, 0.5) is 0 Å². The van der Waals surface area contributed by atoms with Crippen LogP contribution in [0.25, 0.3) is 0 Å². The van der Waals surface area contributed by atoms with Gasteiger partial charge in [0, 0.05) is 6.42 Å². The van der Waals surface area contributed by atoms with Gasteiger partial charge in [-0.05, 0) is 49.9 Å². The van der Waals surface area contributed by atoms with E-state index in [4.69, 9.17) is 5.26 Å². The van der Waals surface area contributed by atoms with Gasteiger partial charge in [0.05, 0.1) is 6.07 Å². The summed E-state index contributed by atoms with van der Waals surface area (Å²) in [7, 11) is 0. The molecule has 15 heavy (non-hydrogen) atoms. The molecule has 2 saturated carbocycles. The third kappa shape index (κ3) is 2.74. The summed E-state index contributed by atoms with van der Waals surface area (Å²) in [5.74, 6) is 3.06. The summed E-state index contributed by atoms with van der Waals surface area (Å²) >= 11 is 0. The molecule has 0 radical (unpaired) electrons. The summed E-state index contributed by atoms with van der Waals surface area (Å²) in [4.78, 5) is 0. The molecule has 3 atom stereocenters. The highest BCUT2D eigenvalue weighted by molar-refractivity contribution is 4.86. The molecule has 0 spiro atoms. The van der Waals surface area contributed by atoms with Crippen LogP contribution in [0.2, 0.25) is 0 Å². The number of fused-ring (bicyclic) bond motifs is 1. The molecule has 0 unspecified atom stereocenters. The third-order valence-corrected chi connectivity index (χ3v) is 4.60. The molecule has 0 aromatic rings. The molecule has 2 fully saturated rings. The molecule has 0 saturated heterocycles. The number of nitriles is 1. The Morgan fingerprint density at radius 2 is 1.87 bits per heavy atom. The zero-order valence-corrected chi connectivity index (χ0v) is 9.75. The van der Waals surface area contributed by atoms with Gasteiger partial charge in [0.15, 0.2) is 0 Å². The first-order chi connectivity index (χ1) is 7.42. The molecule has 0 aliphatic heterocycles. The van der Waals surface area contributed by atoms with Crippen molar-refractivity contribution < 1.29 is 0 Å². The monoisotopic (exact) mass is 205 g/mol. The Morgan fingerprint density at radius 3 is 2.73 bits per heavy atom. The molecule has 0 amide bonds. The second-order valence-corrected chi connectivity index (χ2v) is 5.45. The maximum absolute atomic E-state index is 8.57. The highest BCUT2D eigenvalue weighted by atomic mass is 14.4. The van der Waals surface area contributed by atoms with Crippen LogP contribution < -0.4 is 0 Å². The van der Waals surface area contributed by atoms with Gasteiger partial charge in [-0.2, -0.15) is 5.26 Å². The Labute approximate surface area is 93.9 Å². The molecule has 0 bridgehead atoms. The van der Waals surface area contributed by atoms with Crippen molar-refractivity contribution in [1.82, 2.24) is 0 Å². The lowest BCUT2D eigenvalue weighted by Crippen LogP contribution is -2.13. The van der Waals surface area contributed by atoms with Gasteiger partial charge >= 0.3 is 0 Å². The number of rotatable bonds is 3. The normalized spacial score (nSPS) is 35.5. The van der Waals surface area contributed by atoms with E-state index in [0.717, 1.165) is 30.6 Å². The van der Waals surface area contributed by atoms with Crippen LogP contribution in [0.5, 0.6) is 0 Å². The van der Waals surface area contributed by atoms with Gasteiger partial charge in [0.25, 0.3) is 0 Å². The van der Waals surface area contributed by atoms with Crippen LogP contribution in [0.1, 0.15) is 64.2 Å². The van der Waals surface area contributed by atoms with Crippen molar-refractivity contribution in [3.63, 3.8) is 0 Å². The molecule has 2 rings (SSSR count). The van der Waals surface area contributed by atoms with Gasteiger partial charge in [0.1, 0.15) is 0 Å². The third-order valence-electron chi connectivity index (χ3n) is 4.60. The van der Waals surface area contributed by atoms with Crippen molar-refractivity contribution in [3.05, 3.63) is 0 Å². The highest BCUT2D eigenvalue weighted by Crippen LogP contribution is 2.46. The smallest absolute Gasteiger partial charge is 0.0621 e. The zero-order valence-electron chi connectivity index (χ0n) is 9.75. The summed E-state index contributed by atoms with van der Waals surface area (Å²) in [5, 5.41) is 8.57. The van der Waals surface area contributed by atoms with E-state index in [-0.39, 0.29) is 0 Å². The summed E-state index contributed by atoms with van der Waals surface area (Å²) in [6.07, 6.45) is 13.6. The molecule has 2 aliphatic rings. The number of nitrogens with zero attached hydrogens (tertiary/aromatic N) is 1. The van der Waals surface area contributed by atoms with Gasteiger partial charge in [-0.3, -0.25) is 0 Å². The van der Waals surface area contributed by atoms with E-state index in [1.807, 2.05) is 0 Å². The molecular formula is C14H23N. The van der Waals surface area contributed by atoms with Crippen LogP contribution in [-0.2, 0) is 0 Å². The topological polar surface area (TPSA) is 23.8 Å². The predicted octanol–water partition coefficient (Wildman–Crippen LogP) is 4.29. The maximum Gasteiger partial charge on any atom is 0.0621 e. The Morgan fingerprint density at radius 1 is 1.00 bits per heavy atom. The standard InChI is InChI=1S/C14H23N/c15-11-5-4-7-13-10-9-12-6-2-1-3-8-14(12)13/h12-14H,1-10H2/t12-,13-,14+/m1/s1. The predicted molar refractivity (Wildman–Crippen MR) is 62.3 cm³/mol. The molecular weight excluding hydrogens is 182 g/mol. The van der Waals surface area contributed by atoms with Crippen LogP contribution in [-0.4, -0.2) is 0 Å². The van der Waals surface area contributed by atoms with E-state index >= 15 is 0 Å². The minimum atomic E-state index is 0.772. The molecule has 0 heterocycles.